The molecule has 1 saturated heterocycles. The number of fused-ring (bicyclic) bond motifs is 1. The molecule has 142 valence electrons. The summed E-state index contributed by atoms with van der Waals surface area (Å²) in [5, 5.41) is 4.42. The number of carbonyl (C=O) groups is 1. The van der Waals surface area contributed by atoms with Gasteiger partial charge in [-0.2, -0.15) is 0 Å². The molecule has 5 nitrogen and oxygen atoms in total. The molecule has 4 rings (SSSR count). The maximum absolute atomic E-state index is 12.6. The first-order valence-electron chi connectivity index (χ1n) is 9.71. The molecule has 2 aromatic heterocycles. The van der Waals surface area contributed by atoms with Crippen LogP contribution in [0.25, 0.3) is 10.9 Å². The van der Waals surface area contributed by atoms with E-state index < -0.39 is 0 Å². The van der Waals surface area contributed by atoms with Crippen molar-refractivity contribution in [1.82, 2.24) is 14.8 Å². The zero-order valence-corrected chi connectivity index (χ0v) is 16.0. The van der Waals surface area contributed by atoms with E-state index in [0.29, 0.717) is 0 Å². The second kappa shape index (κ2) is 7.61. The van der Waals surface area contributed by atoms with Gasteiger partial charge in [0.25, 0.3) is 0 Å². The molecule has 1 atom stereocenters. The predicted octanol–water partition coefficient (Wildman–Crippen LogP) is 3.86. The van der Waals surface area contributed by atoms with Gasteiger partial charge in [-0.1, -0.05) is 18.2 Å². The summed E-state index contributed by atoms with van der Waals surface area (Å²) >= 11 is 0. The highest BCUT2D eigenvalue weighted by molar-refractivity contribution is 5.83. The van der Waals surface area contributed by atoms with Crippen molar-refractivity contribution in [2.45, 2.75) is 32.4 Å². The average molecular weight is 365 g/mol. The second-order valence-corrected chi connectivity index (χ2v) is 7.58. The molecule has 3 aromatic rings. The molecular formula is C22H27N3O2. The Morgan fingerprint density at radius 3 is 2.74 bits per heavy atom. The Morgan fingerprint density at radius 1 is 1.22 bits per heavy atom. The van der Waals surface area contributed by atoms with Crippen LogP contribution in [-0.4, -0.2) is 28.5 Å². The lowest BCUT2D eigenvalue weighted by atomic mass is 9.95. The van der Waals surface area contributed by atoms with Gasteiger partial charge in [-0.3, -0.25) is 9.69 Å². The average Bonchev–Trinajstić information content (AvgIpc) is 3.32. The molecule has 1 N–H and O–H groups in total. The number of amides is 1. The van der Waals surface area contributed by atoms with Crippen LogP contribution in [0.1, 0.15) is 37.1 Å². The zero-order chi connectivity index (χ0) is 18.8. The molecule has 1 aromatic carbocycles. The van der Waals surface area contributed by atoms with Crippen LogP contribution in [-0.2, 0) is 18.4 Å². The van der Waals surface area contributed by atoms with Crippen LogP contribution in [0.2, 0.25) is 0 Å². The van der Waals surface area contributed by atoms with Crippen LogP contribution in [0.4, 0.5) is 0 Å². The van der Waals surface area contributed by atoms with Gasteiger partial charge < -0.3 is 14.3 Å². The van der Waals surface area contributed by atoms with E-state index >= 15 is 0 Å². The minimum Gasteiger partial charge on any atom is -0.467 e. The third-order valence-electron chi connectivity index (χ3n) is 5.66. The van der Waals surface area contributed by atoms with Crippen molar-refractivity contribution in [2.75, 3.05) is 13.1 Å². The van der Waals surface area contributed by atoms with Gasteiger partial charge in [0.2, 0.25) is 5.91 Å². The van der Waals surface area contributed by atoms with E-state index in [1.54, 1.807) is 6.26 Å². The largest absolute Gasteiger partial charge is 0.467 e. The number of benzene rings is 1. The lowest BCUT2D eigenvalue weighted by molar-refractivity contribution is -0.127. The highest BCUT2D eigenvalue weighted by Gasteiger charge is 2.26. The molecule has 5 heteroatoms. The van der Waals surface area contributed by atoms with Crippen molar-refractivity contribution in [1.29, 1.82) is 0 Å². The molecule has 0 saturated carbocycles. The van der Waals surface area contributed by atoms with E-state index in [1.807, 2.05) is 19.1 Å². The Kier molecular flexibility index (Phi) is 5.03. The normalized spacial score (nSPS) is 17.3. The van der Waals surface area contributed by atoms with Gasteiger partial charge in [-0.05, 0) is 56.6 Å². The van der Waals surface area contributed by atoms with Crippen LogP contribution in [0.3, 0.4) is 0 Å². The number of aromatic nitrogens is 1. The number of aryl methyl sites for hydroxylation is 1. The van der Waals surface area contributed by atoms with Crippen molar-refractivity contribution >= 4 is 16.8 Å². The number of hydrogen-bond acceptors (Lipinski definition) is 3. The third-order valence-corrected chi connectivity index (χ3v) is 5.66. The quantitative estimate of drug-likeness (QED) is 0.747. The van der Waals surface area contributed by atoms with Crippen molar-refractivity contribution < 1.29 is 9.21 Å². The number of hydrogen-bond donors (Lipinski definition) is 1. The van der Waals surface area contributed by atoms with Gasteiger partial charge in [0.1, 0.15) is 5.76 Å². The molecule has 3 heterocycles. The molecule has 1 amide bonds. The molecule has 27 heavy (non-hydrogen) atoms. The molecule has 1 fully saturated rings. The molecule has 0 radical (unpaired) electrons. The Labute approximate surface area is 159 Å². The fourth-order valence-electron chi connectivity index (χ4n) is 4.09. The first-order chi connectivity index (χ1) is 13.1. The van der Waals surface area contributed by atoms with Gasteiger partial charge in [0, 0.05) is 36.6 Å². The van der Waals surface area contributed by atoms with Crippen molar-refractivity contribution in [3.63, 3.8) is 0 Å². The predicted molar refractivity (Wildman–Crippen MR) is 106 cm³/mol. The van der Waals surface area contributed by atoms with E-state index in [2.05, 4.69) is 52.3 Å². The molecule has 1 aliphatic heterocycles. The van der Waals surface area contributed by atoms with E-state index in [1.165, 1.54) is 16.5 Å². The third kappa shape index (κ3) is 3.78. The minimum absolute atomic E-state index is 0.0822. The van der Waals surface area contributed by atoms with Crippen molar-refractivity contribution in [3.8, 4) is 0 Å². The van der Waals surface area contributed by atoms with Gasteiger partial charge in [0.15, 0.2) is 0 Å². The summed E-state index contributed by atoms with van der Waals surface area (Å²) in [7, 11) is 2.10. The van der Waals surface area contributed by atoms with Crippen LogP contribution in [0, 0.1) is 5.92 Å². The summed E-state index contributed by atoms with van der Waals surface area (Å²) < 4.78 is 7.57. The number of likely N-dealkylation sites (tertiary alicyclic amines) is 1. The second-order valence-electron chi connectivity index (χ2n) is 7.58. The summed E-state index contributed by atoms with van der Waals surface area (Å²) in [5.41, 5.74) is 2.64. The van der Waals surface area contributed by atoms with Crippen LogP contribution in [0.15, 0.2) is 53.3 Å². The van der Waals surface area contributed by atoms with E-state index in [9.17, 15) is 4.79 Å². The molecule has 0 aliphatic carbocycles. The van der Waals surface area contributed by atoms with Gasteiger partial charge in [-0.15, -0.1) is 0 Å². The van der Waals surface area contributed by atoms with Crippen molar-refractivity contribution in [3.05, 3.63) is 60.2 Å². The SMILES string of the molecule is C[C@H](NC(=O)C1CCN(Cc2cn(C)c3ccccc23)CC1)c1ccco1. The lowest BCUT2D eigenvalue weighted by Gasteiger charge is -2.31. The summed E-state index contributed by atoms with van der Waals surface area (Å²) in [6.07, 6.45) is 5.68. The van der Waals surface area contributed by atoms with Gasteiger partial charge in [0.05, 0.1) is 12.3 Å². The summed E-state index contributed by atoms with van der Waals surface area (Å²) in [6, 6.07) is 12.2. The molecule has 1 aliphatic rings. The Balaban J connectivity index is 1.33. The monoisotopic (exact) mass is 365 g/mol. The first-order valence-corrected chi connectivity index (χ1v) is 9.71. The van der Waals surface area contributed by atoms with Gasteiger partial charge >= 0.3 is 0 Å². The number of piperidine rings is 1. The smallest absolute Gasteiger partial charge is 0.223 e. The fourth-order valence-corrected chi connectivity index (χ4v) is 4.09. The Bertz CT molecular complexity index is 905. The number of furan rings is 1. The number of nitrogens with one attached hydrogen (secondary N) is 1. The maximum atomic E-state index is 12.6. The molecule has 0 unspecified atom stereocenters. The topological polar surface area (TPSA) is 50.4 Å². The minimum atomic E-state index is -0.0822. The highest BCUT2D eigenvalue weighted by atomic mass is 16.3. The van der Waals surface area contributed by atoms with E-state index in [4.69, 9.17) is 4.42 Å². The summed E-state index contributed by atoms with van der Waals surface area (Å²) in [4.78, 5) is 15.0. The molecule has 0 bridgehead atoms. The molecular weight excluding hydrogens is 338 g/mol. The number of para-hydroxylation sites is 1. The highest BCUT2D eigenvalue weighted by Crippen LogP contribution is 2.25. The van der Waals surface area contributed by atoms with E-state index in [0.717, 1.165) is 38.2 Å². The van der Waals surface area contributed by atoms with Crippen LogP contribution < -0.4 is 5.32 Å². The summed E-state index contributed by atoms with van der Waals surface area (Å²) in [6.45, 7) is 4.82. The van der Waals surface area contributed by atoms with Crippen LogP contribution in [0.5, 0.6) is 0 Å². The standard InChI is InChI=1S/C22H27N3O2/c1-16(21-8-5-13-27-21)23-22(26)17-9-11-25(12-10-17)15-18-14-24(2)20-7-4-3-6-19(18)20/h3-8,13-14,16-17H,9-12,15H2,1-2H3,(H,23,26)/t16-/m0/s1. The van der Waals surface area contributed by atoms with Gasteiger partial charge in [-0.25, -0.2) is 0 Å². The first kappa shape index (κ1) is 17.9. The summed E-state index contributed by atoms with van der Waals surface area (Å²) in [5.74, 6) is 1.03. The zero-order valence-electron chi connectivity index (χ0n) is 16.0. The number of carbonyl (C=O) groups excluding carboxylic acids is 1. The number of nitrogens with zero attached hydrogens (tertiary/aromatic N) is 2. The van der Waals surface area contributed by atoms with E-state index in [-0.39, 0.29) is 17.9 Å². The number of rotatable bonds is 5. The lowest BCUT2D eigenvalue weighted by Crippen LogP contribution is -2.40. The Hall–Kier alpha value is -2.53. The fraction of sp³-hybridized carbons (Fsp3) is 0.409. The maximum Gasteiger partial charge on any atom is 0.223 e. The van der Waals surface area contributed by atoms with Crippen molar-refractivity contribution in [2.24, 2.45) is 13.0 Å². The Morgan fingerprint density at radius 2 is 2.00 bits per heavy atom. The molecule has 0 spiro atoms. The van der Waals surface area contributed by atoms with Crippen LogP contribution >= 0.6 is 0 Å².